The fourth-order valence-electron chi connectivity index (χ4n) is 1.64. The molecule has 0 unspecified atom stereocenters. The van der Waals surface area contributed by atoms with Crippen LogP contribution in [0.3, 0.4) is 0 Å². The molecule has 0 saturated carbocycles. The molecule has 4 nitrogen and oxygen atoms in total. The van der Waals surface area contributed by atoms with Crippen LogP contribution in [-0.2, 0) is 6.54 Å². The van der Waals surface area contributed by atoms with Gasteiger partial charge in [-0.25, -0.2) is 9.18 Å². The van der Waals surface area contributed by atoms with E-state index in [0.717, 1.165) is 0 Å². The average molecular weight is 284 g/mol. The quantitative estimate of drug-likeness (QED) is 0.898. The summed E-state index contributed by atoms with van der Waals surface area (Å²) < 4.78 is 18.4. The summed E-state index contributed by atoms with van der Waals surface area (Å²) in [7, 11) is 0. The molecule has 0 aliphatic heterocycles. The highest BCUT2D eigenvalue weighted by molar-refractivity contribution is 6.30. The molecule has 0 aliphatic carbocycles. The lowest BCUT2D eigenvalue weighted by Gasteiger charge is -2.04. The van der Waals surface area contributed by atoms with Crippen LogP contribution in [0.25, 0.3) is 0 Å². The monoisotopic (exact) mass is 283 g/mol. The Labute approximate surface area is 113 Å². The van der Waals surface area contributed by atoms with Crippen molar-refractivity contribution in [3.8, 4) is 0 Å². The van der Waals surface area contributed by atoms with Crippen molar-refractivity contribution >= 4 is 23.3 Å². The zero-order valence-corrected chi connectivity index (χ0v) is 10.8. The third-order valence-corrected chi connectivity index (χ3v) is 2.86. The molecule has 6 heteroatoms. The van der Waals surface area contributed by atoms with E-state index in [1.807, 2.05) is 0 Å². The lowest BCUT2D eigenvalue weighted by atomic mass is 10.2. The number of aryl methyl sites for hydroxylation is 1. The number of hydrogen-bond acceptors (Lipinski definition) is 3. The number of aromatic carboxylic acids is 1. The Morgan fingerprint density at radius 1 is 1.47 bits per heavy atom. The van der Waals surface area contributed by atoms with E-state index in [1.54, 1.807) is 19.1 Å². The molecule has 1 aromatic heterocycles. The van der Waals surface area contributed by atoms with Gasteiger partial charge in [-0.15, -0.1) is 0 Å². The maximum absolute atomic E-state index is 13.2. The number of halogens is 2. The molecule has 0 radical (unpaired) electrons. The molecular formula is C13H11ClFNO3. The number of anilines is 1. The molecule has 0 fully saturated rings. The van der Waals surface area contributed by atoms with Crippen molar-refractivity contribution in [3.63, 3.8) is 0 Å². The van der Waals surface area contributed by atoms with Crippen molar-refractivity contribution in [2.75, 3.05) is 5.32 Å². The van der Waals surface area contributed by atoms with Gasteiger partial charge in [0.15, 0.2) is 0 Å². The van der Waals surface area contributed by atoms with E-state index in [9.17, 15) is 9.18 Å². The van der Waals surface area contributed by atoms with E-state index in [0.29, 0.717) is 17.0 Å². The van der Waals surface area contributed by atoms with Crippen LogP contribution >= 0.6 is 11.6 Å². The third kappa shape index (κ3) is 3.06. The molecular weight excluding hydrogens is 273 g/mol. The van der Waals surface area contributed by atoms with E-state index in [4.69, 9.17) is 21.1 Å². The van der Waals surface area contributed by atoms with Crippen LogP contribution in [0.15, 0.2) is 28.7 Å². The van der Waals surface area contributed by atoms with E-state index in [2.05, 4.69) is 5.32 Å². The van der Waals surface area contributed by atoms with E-state index in [-0.39, 0.29) is 17.3 Å². The van der Waals surface area contributed by atoms with E-state index < -0.39 is 11.8 Å². The number of carboxylic acids is 1. The van der Waals surface area contributed by atoms with Crippen molar-refractivity contribution in [2.45, 2.75) is 13.5 Å². The molecule has 0 aliphatic rings. The normalized spacial score (nSPS) is 10.5. The van der Waals surface area contributed by atoms with Crippen LogP contribution in [0.2, 0.25) is 5.02 Å². The number of furan rings is 1. The molecule has 0 amide bonds. The highest BCUT2D eigenvalue weighted by atomic mass is 35.5. The van der Waals surface area contributed by atoms with Crippen molar-refractivity contribution < 1.29 is 18.7 Å². The number of nitrogens with one attached hydrogen (secondary N) is 1. The molecule has 1 aromatic carbocycles. The van der Waals surface area contributed by atoms with Gasteiger partial charge in [0.2, 0.25) is 5.76 Å². The summed E-state index contributed by atoms with van der Waals surface area (Å²) in [6.45, 7) is 1.91. The van der Waals surface area contributed by atoms with Gasteiger partial charge in [0.05, 0.1) is 11.6 Å². The maximum Gasteiger partial charge on any atom is 0.372 e. The van der Waals surface area contributed by atoms with Crippen molar-refractivity contribution in [1.29, 1.82) is 0 Å². The standard InChI is InChI=1S/C13H11ClFNO3/c1-7-4-9(19-12(7)13(17)18)6-16-8-2-3-10(14)11(15)5-8/h2-5,16H,6H2,1H3,(H,17,18). The first kappa shape index (κ1) is 13.4. The SMILES string of the molecule is Cc1cc(CNc2ccc(Cl)c(F)c2)oc1C(=O)O. The minimum atomic E-state index is -1.11. The molecule has 2 rings (SSSR count). The maximum atomic E-state index is 13.2. The molecule has 0 saturated heterocycles. The number of carbonyl (C=O) groups is 1. The fourth-order valence-corrected chi connectivity index (χ4v) is 1.76. The van der Waals surface area contributed by atoms with Gasteiger partial charge >= 0.3 is 5.97 Å². The minimum absolute atomic E-state index is 0.0487. The number of rotatable bonds is 4. The summed E-state index contributed by atoms with van der Waals surface area (Å²) in [6, 6.07) is 5.95. The zero-order chi connectivity index (χ0) is 14.0. The average Bonchev–Trinajstić information content (AvgIpc) is 2.72. The van der Waals surface area contributed by atoms with Crippen LogP contribution < -0.4 is 5.32 Å². The van der Waals surface area contributed by atoms with Gasteiger partial charge in [-0.2, -0.15) is 0 Å². The summed E-state index contributed by atoms with van der Waals surface area (Å²) >= 11 is 5.57. The first-order chi connectivity index (χ1) is 8.97. The second-order valence-electron chi connectivity index (χ2n) is 4.01. The highest BCUT2D eigenvalue weighted by Gasteiger charge is 2.14. The first-order valence-electron chi connectivity index (χ1n) is 5.49. The molecule has 0 bridgehead atoms. The molecule has 19 heavy (non-hydrogen) atoms. The lowest BCUT2D eigenvalue weighted by molar-refractivity contribution is 0.0659. The molecule has 1 heterocycles. The van der Waals surface area contributed by atoms with Crippen molar-refractivity contribution in [2.24, 2.45) is 0 Å². The van der Waals surface area contributed by atoms with Gasteiger partial charge in [0, 0.05) is 11.3 Å². The van der Waals surface area contributed by atoms with E-state index in [1.165, 1.54) is 12.1 Å². The summed E-state index contributed by atoms with van der Waals surface area (Å²) in [5, 5.41) is 11.8. The topological polar surface area (TPSA) is 62.5 Å². The summed E-state index contributed by atoms with van der Waals surface area (Å²) in [6.07, 6.45) is 0. The second-order valence-corrected chi connectivity index (χ2v) is 4.42. The molecule has 2 aromatic rings. The number of carboxylic acid groups (broad SMARTS) is 1. The Balaban J connectivity index is 2.08. The molecule has 100 valence electrons. The Bertz CT molecular complexity index is 624. The predicted molar refractivity (Wildman–Crippen MR) is 69.1 cm³/mol. The number of benzene rings is 1. The fraction of sp³-hybridized carbons (Fsp3) is 0.154. The summed E-state index contributed by atoms with van der Waals surface area (Å²) in [4.78, 5) is 10.8. The summed E-state index contributed by atoms with van der Waals surface area (Å²) in [5.41, 5.74) is 1.08. The minimum Gasteiger partial charge on any atom is -0.475 e. The van der Waals surface area contributed by atoms with E-state index >= 15 is 0 Å². The number of hydrogen-bond donors (Lipinski definition) is 2. The Morgan fingerprint density at radius 3 is 2.79 bits per heavy atom. The third-order valence-electron chi connectivity index (χ3n) is 2.55. The van der Waals surface area contributed by atoms with Gasteiger partial charge < -0.3 is 14.8 Å². The largest absolute Gasteiger partial charge is 0.475 e. The second kappa shape index (κ2) is 5.32. The Kier molecular flexibility index (Phi) is 3.76. The van der Waals surface area contributed by atoms with Crippen LogP contribution in [0, 0.1) is 12.7 Å². The zero-order valence-electron chi connectivity index (χ0n) is 10.0. The predicted octanol–water partition coefficient (Wildman–Crippen LogP) is 3.69. The molecule has 0 spiro atoms. The van der Waals surface area contributed by atoms with Gasteiger partial charge in [-0.1, -0.05) is 11.6 Å². The highest BCUT2D eigenvalue weighted by Crippen LogP contribution is 2.20. The van der Waals surface area contributed by atoms with Gasteiger partial charge in [-0.05, 0) is 31.2 Å². The first-order valence-corrected chi connectivity index (χ1v) is 5.86. The van der Waals surface area contributed by atoms with Crippen LogP contribution in [0.1, 0.15) is 21.9 Å². The molecule has 0 atom stereocenters. The van der Waals surface area contributed by atoms with Gasteiger partial charge in [-0.3, -0.25) is 0 Å². The van der Waals surface area contributed by atoms with Gasteiger partial charge in [0.25, 0.3) is 0 Å². The van der Waals surface area contributed by atoms with Crippen LogP contribution in [-0.4, -0.2) is 11.1 Å². The van der Waals surface area contributed by atoms with Crippen molar-refractivity contribution in [3.05, 3.63) is 52.2 Å². The Hall–Kier alpha value is -2.01. The van der Waals surface area contributed by atoms with Crippen LogP contribution in [0.5, 0.6) is 0 Å². The van der Waals surface area contributed by atoms with Crippen molar-refractivity contribution in [1.82, 2.24) is 0 Å². The molecule has 2 N–H and O–H groups in total. The lowest BCUT2D eigenvalue weighted by Crippen LogP contribution is -1.99. The smallest absolute Gasteiger partial charge is 0.372 e. The Morgan fingerprint density at radius 2 is 2.21 bits per heavy atom. The van der Waals surface area contributed by atoms with Gasteiger partial charge in [0.1, 0.15) is 11.6 Å². The van der Waals surface area contributed by atoms with Crippen LogP contribution in [0.4, 0.5) is 10.1 Å². The summed E-state index contributed by atoms with van der Waals surface area (Å²) in [5.74, 6) is -1.25.